The van der Waals surface area contributed by atoms with Gasteiger partial charge in [-0.1, -0.05) is 23.2 Å². The Morgan fingerprint density at radius 2 is 1.95 bits per heavy atom. The maximum atomic E-state index is 12.0. The van der Waals surface area contributed by atoms with Gasteiger partial charge in [0.2, 0.25) is 0 Å². The number of nitrogens with zero attached hydrogens (tertiary/aromatic N) is 1. The lowest BCUT2D eigenvalue weighted by molar-refractivity contribution is 0.443. The highest BCUT2D eigenvalue weighted by Crippen LogP contribution is 2.30. The summed E-state index contributed by atoms with van der Waals surface area (Å²) in [6.45, 7) is 0. The predicted octanol–water partition coefficient (Wildman–Crippen LogP) is 3.60. The van der Waals surface area contributed by atoms with Gasteiger partial charge in [0.1, 0.15) is 5.75 Å². The molecule has 0 fully saturated rings. The van der Waals surface area contributed by atoms with E-state index in [9.17, 15) is 4.79 Å². The highest BCUT2D eigenvalue weighted by Gasteiger charge is 2.08. The number of H-pyrrole nitrogens is 1. The summed E-state index contributed by atoms with van der Waals surface area (Å²) in [5, 5.41) is 1.20. The molecule has 7 heteroatoms. The van der Waals surface area contributed by atoms with Crippen molar-refractivity contribution in [1.82, 2.24) is 9.97 Å². The van der Waals surface area contributed by atoms with E-state index >= 15 is 0 Å². The number of nitrogen functional groups attached to an aromatic ring is 1. The Balaban J connectivity index is 2.05. The molecule has 0 aliphatic carbocycles. The van der Waals surface area contributed by atoms with Crippen LogP contribution < -0.4 is 16.0 Å². The van der Waals surface area contributed by atoms with Crippen LogP contribution in [0.15, 0.2) is 41.2 Å². The van der Waals surface area contributed by atoms with Gasteiger partial charge in [-0.05, 0) is 36.4 Å². The van der Waals surface area contributed by atoms with Gasteiger partial charge in [0.15, 0.2) is 0 Å². The number of anilines is 1. The fourth-order valence-corrected chi connectivity index (χ4v) is 2.29. The number of benzene rings is 2. The molecule has 0 aliphatic rings. The SMILES string of the molecule is Nc1ccc2nc(Oc3ccc(Cl)cc3Cl)[nH]c(=O)c2c1. The van der Waals surface area contributed by atoms with Crippen molar-refractivity contribution in [2.24, 2.45) is 0 Å². The molecular formula is C14H9Cl2N3O2. The van der Waals surface area contributed by atoms with E-state index < -0.39 is 0 Å². The van der Waals surface area contributed by atoms with Crippen molar-refractivity contribution in [2.45, 2.75) is 0 Å². The van der Waals surface area contributed by atoms with Crippen molar-refractivity contribution >= 4 is 39.8 Å². The first kappa shape index (κ1) is 13.7. The van der Waals surface area contributed by atoms with E-state index in [1.54, 1.807) is 30.3 Å². The molecule has 0 unspecified atom stereocenters. The van der Waals surface area contributed by atoms with Crippen molar-refractivity contribution in [3.05, 3.63) is 56.8 Å². The van der Waals surface area contributed by atoms with Gasteiger partial charge < -0.3 is 10.5 Å². The van der Waals surface area contributed by atoms with Crippen LogP contribution >= 0.6 is 23.2 Å². The first-order valence-corrected chi connectivity index (χ1v) is 6.71. The molecule has 0 aliphatic heterocycles. The topological polar surface area (TPSA) is 81.0 Å². The summed E-state index contributed by atoms with van der Waals surface area (Å²) in [5.41, 5.74) is 6.28. The Bertz CT molecular complexity index is 893. The second-order valence-electron chi connectivity index (χ2n) is 4.32. The Labute approximate surface area is 129 Å². The number of aromatic amines is 1. The van der Waals surface area contributed by atoms with Crippen LogP contribution in [0.2, 0.25) is 10.0 Å². The third kappa shape index (κ3) is 2.79. The summed E-state index contributed by atoms with van der Waals surface area (Å²) in [6, 6.07) is 9.67. The predicted molar refractivity (Wildman–Crippen MR) is 83.3 cm³/mol. The van der Waals surface area contributed by atoms with Gasteiger partial charge >= 0.3 is 6.01 Å². The number of ether oxygens (including phenoxy) is 1. The lowest BCUT2D eigenvalue weighted by atomic mass is 10.2. The largest absolute Gasteiger partial charge is 0.424 e. The van der Waals surface area contributed by atoms with E-state index in [0.29, 0.717) is 32.4 Å². The molecule has 0 atom stereocenters. The van der Waals surface area contributed by atoms with Gasteiger partial charge in [0, 0.05) is 10.7 Å². The van der Waals surface area contributed by atoms with Crippen molar-refractivity contribution in [3.8, 4) is 11.8 Å². The smallest absolute Gasteiger partial charge is 0.302 e. The Morgan fingerprint density at radius 3 is 2.71 bits per heavy atom. The van der Waals surface area contributed by atoms with Crippen LogP contribution in [0.3, 0.4) is 0 Å². The molecule has 3 rings (SSSR count). The van der Waals surface area contributed by atoms with E-state index in [0.717, 1.165) is 0 Å². The molecule has 2 aromatic carbocycles. The fraction of sp³-hybridized carbons (Fsp3) is 0. The van der Waals surface area contributed by atoms with Crippen LogP contribution in [0.4, 0.5) is 5.69 Å². The normalized spacial score (nSPS) is 10.8. The van der Waals surface area contributed by atoms with Crippen LogP contribution in [-0.4, -0.2) is 9.97 Å². The average molecular weight is 322 g/mol. The molecule has 1 aromatic heterocycles. The number of rotatable bonds is 2. The zero-order valence-electron chi connectivity index (χ0n) is 10.6. The molecule has 0 radical (unpaired) electrons. The van der Waals surface area contributed by atoms with Gasteiger partial charge in [-0.15, -0.1) is 0 Å². The molecule has 0 amide bonds. The number of nitrogens with one attached hydrogen (secondary N) is 1. The minimum Gasteiger partial charge on any atom is -0.424 e. The van der Waals surface area contributed by atoms with E-state index in [4.69, 9.17) is 33.7 Å². The highest BCUT2D eigenvalue weighted by molar-refractivity contribution is 6.35. The van der Waals surface area contributed by atoms with Crippen molar-refractivity contribution in [3.63, 3.8) is 0 Å². The third-order valence-electron chi connectivity index (χ3n) is 2.81. The molecule has 0 spiro atoms. The summed E-state index contributed by atoms with van der Waals surface area (Å²) in [6.07, 6.45) is 0. The van der Waals surface area contributed by atoms with Gasteiger partial charge in [0.05, 0.1) is 15.9 Å². The minimum atomic E-state index is -0.340. The summed E-state index contributed by atoms with van der Waals surface area (Å²) < 4.78 is 5.49. The highest BCUT2D eigenvalue weighted by atomic mass is 35.5. The van der Waals surface area contributed by atoms with Crippen LogP contribution in [0.5, 0.6) is 11.8 Å². The quantitative estimate of drug-likeness (QED) is 0.706. The van der Waals surface area contributed by atoms with Crippen molar-refractivity contribution < 1.29 is 4.74 Å². The number of nitrogens with two attached hydrogens (primary N) is 1. The van der Waals surface area contributed by atoms with Crippen LogP contribution in [0, 0.1) is 0 Å². The lowest BCUT2D eigenvalue weighted by Gasteiger charge is -2.07. The van der Waals surface area contributed by atoms with Gasteiger partial charge in [-0.2, -0.15) is 4.98 Å². The van der Waals surface area contributed by atoms with Gasteiger partial charge in [-0.25, -0.2) is 0 Å². The van der Waals surface area contributed by atoms with Gasteiger partial charge in [0.25, 0.3) is 5.56 Å². The molecule has 3 aromatic rings. The minimum absolute atomic E-state index is 0.0430. The van der Waals surface area contributed by atoms with E-state index in [1.165, 1.54) is 6.07 Å². The molecule has 1 heterocycles. The molecule has 0 saturated carbocycles. The maximum absolute atomic E-state index is 12.0. The molecule has 0 bridgehead atoms. The molecule has 5 nitrogen and oxygen atoms in total. The fourth-order valence-electron chi connectivity index (χ4n) is 1.85. The first-order chi connectivity index (χ1) is 10.0. The summed E-state index contributed by atoms with van der Waals surface area (Å²) in [4.78, 5) is 18.7. The number of fused-ring (bicyclic) bond motifs is 1. The second kappa shape index (κ2) is 5.27. The maximum Gasteiger partial charge on any atom is 0.302 e. The van der Waals surface area contributed by atoms with Crippen LogP contribution in [-0.2, 0) is 0 Å². The first-order valence-electron chi connectivity index (χ1n) is 5.95. The zero-order chi connectivity index (χ0) is 15.0. The summed E-state index contributed by atoms with van der Waals surface area (Å²) >= 11 is 11.8. The van der Waals surface area contributed by atoms with Crippen LogP contribution in [0.25, 0.3) is 10.9 Å². The third-order valence-corrected chi connectivity index (χ3v) is 3.34. The van der Waals surface area contributed by atoms with E-state index in [2.05, 4.69) is 9.97 Å². The number of aromatic nitrogens is 2. The number of hydrogen-bond donors (Lipinski definition) is 2. The molecular weight excluding hydrogens is 313 g/mol. The zero-order valence-corrected chi connectivity index (χ0v) is 12.1. The molecule has 0 saturated heterocycles. The summed E-state index contributed by atoms with van der Waals surface area (Å²) in [5.74, 6) is 0.346. The number of hydrogen-bond acceptors (Lipinski definition) is 4. The number of halogens is 2. The summed E-state index contributed by atoms with van der Waals surface area (Å²) in [7, 11) is 0. The van der Waals surface area contributed by atoms with Crippen molar-refractivity contribution in [1.29, 1.82) is 0 Å². The Kier molecular flexibility index (Phi) is 3.45. The van der Waals surface area contributed by atoms with Gasteiger partial charge in [-0.3, -0.25) is 9.78 Å². The average Bonchev–Trinajstić information content (AvgIpc) is 2.43. The Hall–Kier alpha value is -2.24. The molecule has 106 valence electrons. The van der Waals surface area contributed by atoms with E-state index in [-0.39, 0.29) is 11.6 Å². The molecule has 21 heavy (non-hydrogen) atoms. The monoisotopic (exact) mass is 321 g/mol. The van der Waals surface area contributed by atoms with Crippen LogP contribution in [0.1, 0.15) is 0 Å². The molecule has 3 N–H and O–H groups in total. The Morgan fingerprint density at radius 1 is 1.14 bits per heavy atom. The van der Waals surface area contributed by atoms with E-state index in [1.807, 2.05) is 0 Å². The second-order valence-corrected chi connectivity index (χ2v) is 5.17. The standard InChI is InChI=1S/C14H9Cl2N3O2/c15-7-1-4-12(10(16)5-7)21-14-18-11-3-2-8(17)6-9(11)13(20)19-14/h1-6H,17H2,(H,18,19,20). The van der Waals surface area contributed by atoms with Crippen molar-refractivity contribution in [2.75, 3.05) is 5.73 Å². The lowest BCUT2D eigenvalue weighted by Crippen LogP contribution is -2.09.